The maximum absolute atomic E-state index is 12.4. The Morgan fingerprint density at radius 3 is 2.45 bits per heavy atom. The molecule has 1 heterocycles. The van der Waals surface area contributed by atoms with Gasteiger partial charge < -0.3 is 10.1 Å². The fourth-order valence-corrected chi connectivity index (χ4v) is 3.08. The van der Waals surface area contributed by atoms with Gasteiger partial charge in [-0.3, -0.25) is 4.79 Å². The monoisotopic (exact) mass is 318 g/mol. The van der Waals surface area contributed by atoms with Gasteiger partial charge in [0.1, 0.15) is 0 Å². The molecule has 0 aliphatic carbocycles. The van der Waals surface area contributed by atoms with Gasteiger partial charge in [0.15, 0.2) is 6.10 Å². The van der Waals surface area contributed by atoms with Crippen LogP contribution < -0.4 is 5.32 Å². The fourth-order valence-electron chi connectivity index (χ4n) is 2.15. The normalized spacial score (nSPS) is 13.9. The summed E-state index contributed by atoms with van der Waals surface area (Å²) in [5, 5.41) is 6.07. The van der Waals surface area contributed by atoms with E-state index in [-0.39, 0.29) is 11.9 Å². The van der Waals surface area contributed by atoms with Crippen molar-refractivity contribution in [3.8, 4) is 0 Å². The predicted octanol–water partition coefficient (Wildman–Crippen LogP) is 3.83. The number of thiazole rings is 1. The molecule has 4 nitrogen and oxygen atoms in total. The molecule has 118 valence electrons. The van der Waals surface area contributed by atoms with Gasteiger partial charge in [0, 0.05) is 18.4 Å². The van der Waals surface area contributed by atoms with Crippen LogP contribution in [0.2, 0.25) is 0 Å². The van der Waals surface area contributed by atoms with Gasteiger partial charge >= 0.3 is 0 Å². The highest BCUT2D eigenvalue weighted by Crippen LogP contribution is 2.24. The van der Waals surface area contributed by atoms with E-state index >= 15 is 0 Å². The van der Waals surface area contributed by atoms with Gasteiger partial charge in [-0.25, -0.2) is 4.98 Å². The third kappa shape index (κ3) is 3.93. The van der Waals surface area contributed by atoms with Gasteiger partial charge in [-0.2, -0.15) is 0 Å². The first-order valence-corrected chi connectivity index (χ1v) is 8.24. The van der Waals surface area contributed by atoms with Crippen LogP contribution in [-0.2, 0) is 9.53 Å². The van der Waals surface area contributed by atoms with Crippen LogP contribution in [0.1, 0.15) is 55.1 Å². The largest absolute Gasteiger partial charge is 0.367 e. The summed E-state index contributed by atoms with van der Waals surface area (Å²) < 4.78 is 5.35. The molecule has 22 heavy (non-hydrogen) atoms. The molecule has 1 amide bonds. The Morgan fingerprint density at radius 1 is 1.23 bits per heavy atom. The van der Waals surface area contributed by atoms with E-state index in [0.717, 1.165) is 16.3 Å². The summed E-state index contributed by atoms with van der Waals surface area (Å²) >= 11 is 1.63. The van der Waals surface area contributed by atoms with E-state index in [1.54, 1.807) is 18.4 Å². The minimum absolute atomic E-state index is 0.141. The number of aromatic nitrogens is 1. The van der Waals surface area contributed by atoms with Crippen LogP contribution in [0.3, 0.4) is 0 Å². The highest BCUT2D eigenvalue weighted by molar-refractivity contribution is 7.09. The number of nitrogens with one attached hydrogen (secondary N) is 1. The number of ether oxygens (including phenoxy) is 1. The van der Waals surface area contributed by atoms with Crippen LogP contribution >= 0.6 is 11.3 Å². The van der Waals surface area contributed by atoms with E-state index in [0.29, 0.717) is 5.92 Å². The van der Waals surface area contributed by atoms with E-state index in [2.05, 4.69) is 24.1 Å². The number of rotatable bonds is 6. The Labute approximate surface area is 135 Å². The van der Waals surface area contributed by atoms with Crippen molar-refractivity contribution >= 4 is 17.2 Å². The molecule has 0 bridgehead atoms. The van der Waals surface area contributed by atoms with Crippen LogP contribution in [0, 0.1) is 0 Å². The van der Waals surface area contributed by atoms with E-state index in [1.165, 1.54) is 0 Å². The van der Waals surface area contributed by atoms with Crippen molar-refractivity contribution in [2.75, 3.05) is 7.11 Å². The van der Waals surface area contributed by atoms with Crippen LogP contribution in [0.5, 0.6) is 0 Å². The summed E-state index contributed by atoms with van der Waals surface area (Å²) in [6, 6.07) is 9.34. The Morgan fingerprint density at radius 2 is 1.91 bits per heavy atom. The molecule has 0 fully saturated rings. The van der Waals surface area contributed by atoms with Gasteiger partial charge in [-0.1, -0.05) is 44.2 Å². The molecular formula is C17H22N2O2S. The summed E-state index contributed by atoms with van der Waals surface area (Å²) in [7, 11) is 1.54. The molecular weight excluding hydrogens is 296 g/mol. The van der Waals surface area contributed by atoms with E-state index < -0.39 is 6.10 Å². The number of benzene rings is 1. The molecule has 0 aliphatic heterocycles. The van der Waals surface area contributed by atoms with Gasteiger partial charge in [-0.05, 0) is 12.5 Å². The molecule has 0 saturated carbocycles. The van der Waals surface area contributed by atoms with Crippen LogP contribution in [0.4, 0.5) is 0 Å². The quantitative estimate of drug-likeness (QED) is 0.880. The molecule has 5 heteroatoms. The lowest BCUT2D eigenvalue weighted by Gasteiger charge is -2.18. The third-order valence-electron chi connectivity index (χ3n) is 3.41. The molecule has 2 aromatic rings. The first-order chi connectivity index (χ1) is 10.5. The smallest absolute Gasteiger partial charge is 0.254 e. The number of carbonyl (C=O) groups is 1. The summed E-state index contributed by atoms with van der Waals surface area (Å²) in [5.74, 6) is 0.248. The minimum atomic E-state index is -0.605. The summed E-state index contributed by atoms with van der Waals surface area (Å²) in [4.78, 5) is 17.0. The first kappa shape index (κ1) is 16.6. The SMILES string of the molecule is CO[C@H](C(=O)N[C@H](C)c1csc(C(C)C)n1)c1ccccc1. The van der Waals surface area contributed by atoms with Crippen molar-refractivity contribution in [3.63, 3.8) is 0 Å². The first-order valence-electron chi connectivity index (χ1n) is 7.36. The van der Waals surface area contributed by atoms with Crippen molar-refractivity contribution in [1.29, 1.82) is 0 Å². The van der Waals surface area contributed by atoms with E-state index in [1.807, 2.05) is 42.6 Å². The Kier molecular flexibility index (Phi) is 5.69. The lowest BCUT2D eigenvalue weighted by Crippen LogP contribution is -2.32. The molecule has 0 saturated heterocycles. The van der Waals surface area contributed by atoms with Gasteiger partial charge in [0.25, 0.3) is 5.91 Å². The van der Waals surface area contributed by atoms with Crippen molar-refractivity contribution in [3.05, 3.63) is 52.0 Å². The number of amides is 1. The van der Waals surface area contributed by atoms with Crippen molar-refractivity contribution in [2.45, 2.75) is 38.8 Å². The minimum Gasteiger partial charge on any atom is -0.367 e. The van der Waals surface area contributed by atoms with Gasteiger partial charge in [0.2, 0.25) is 0 Å². The van der Waals surface area contributed by atoms with Crippen LogP contribution in [0.25, 0.3) is 0 Å². The molecule has 0 aliphatic rings. The van der Waals surface area contributed by atoms with Crippen molar-refractivity contribution < 1.29 is 9.53 Å². The van der Waals surface area contributed by atoms with Gasteiger partial charge in [-0.15, -0.1) is 11.3 Å². The zero-order valence-corrected chi connectivity index (χ0v) is 14.2. The predicted molar refractivity (Wildman–Crippen MR) is 89.0 cm³/mol. The second kappa shape index (κ2) is 7.51. The average Bonchev–Trinajstić information content (AvgIpc) is 2.99. The molecule has 0 unspecified atom stereocenters. The average molecular weight is 318 g/mol. The van der Waals surface area contributed by atoms with Gasteiger partial charge in [0.05, 0.1) is 16.7 Å². The maximum atomic E-state index is 12.4. The van der Waals surface area contributed by atoms with E-state index in [4.69, 9.17) is 4.74 Å². The summed E-state index contributed by atoms with van der Waals surface area (Å²) in [5.41, 5.74) is 1.74. The molecule has 1 aromatic carbocycles. The number of nitrogens with zero attached hydrogens (tertiary/aromatic N) is 1. The Bertz CT molecular complexity index is 610. The second-order valence-electron chi connectivity index (χ2n) is 5.52. The molecule has 2 rings (SSSR count). The Hall–Kier alpha value is -1.72. The number of hydrogen-bond donors (Lipinski definition) is 1. The molecule has 0 spiro atoms. The zero-order chi connectivity index (χ0) is 16.1. The maximum Gasteiger partial charge on any atom is 0.254 e. The lowest BCUT2D eigenvalue weighted by molar-refractivity contribution is -0.132. The number of hydrogen-bond acceptors (Lipinski definition) is 4. The summed E-state index contributed by atoms with van der Waals surface area (Å²) in [6.45, 7) is 6.17. The van der Waals surface area contributed by atoms with Crippen LogP contribution in [0.15, 0.2) is 35.7 Å². The number of methoxy groups -OCH3 is 1. The highest BCUT2D eigenvalue weighted by atomic mass is 32.1. The number of carbonyl (C=O) groups excluding carboxylic acids is 1. The summed E-state index contributed by atoms with van der Waals surface area (Å²) in [6.07, 6.45) is -0.605. The van der Waals surface area contributed by atoms with Crippen molar-refractivity contribution in [1.82, 2.24) is 10.3 Å². The lowest BCUT2D eigenvalue weighted by atomic mass is 10.1. The molecule has 1 aromatic heterocycles. The fraction of sp³-hybridized carbons (Fsp3) is 0.412. The topological polar surface area (TPSA) is 51.2 Å². The molecule has 0 radical (unpaired) electrons. The molecule has 2 atom stereocenters. The Balaban J connectivity index is 2.06. The second-order valence-corrected chi connectivity index (χ2v) is 6.41. The molecule has 1 N–H and O–H groups in total. The standard InChI is InChI=1S/C17H22N2O2S/c1-11(2)17-19-14(10-22-17)12(3)18-16(20)15(21-4)13-8-6-5-7-9-13/h5-12,15H,1-4H3,(H,18,20)/t12-,15+/m1/s1. The third-order valence-corrected chi connectivity index (χ3v) is 4.58. The van der Waals surface area contributed by atoms with Crippen molar-refractivity contribution in [2.24, 2.45) is 0 Å². The highest BCUT2D eigenvalue weighted by Gasteiger charge is 2.22. The van der Waals surface area contributed by atoms with Crippen LogP contribution in [-0.4, -0.2) is 18.0 Å². The zero-order valence-electron chi connectivity index (χ0n) is 13.4. The van der Waals surface area contributed by atoms with E-state index in [9.17, 15) is 4.79 Å².